The van der Waals surface area contributed by atoms with Crippen LogP contribution in [0.1, 0.15) is 21.1 Å². The van der Waals surface area contributed by atoms with E-state index in [0.717, 1.165) is 5.76 Å². The maximum atomic E-state index is 13.2. The van der Waals surface area contributed by atoms with Crippen molar-refractivity contribution in [3.63, 3.8) is 0 Å². The van der Waals surface area contributed by atoms with Crippen molar-refractivity contribution in [2.75, 3.05) is 5.32 Å². The summed E-state index contributed by atoms with van der Waals surface area (Å²) in [5, 5.41) is 3.28. The fourth-order valence-corrected chi connectivity index (χ4v) is 3.13. The lowest BCUT2D eigenvalue weighted by Crippen LogP contribution is -2.11. The minimum absolute atomic E-state index is 0.0458. The molecule has 2 heterocycles. The van der Waals surface area contributed by atoms with Crippen LogP contribution in [0.15, 0.2) is 34.7 Å². The number of amides is 1. The Morgan fingerprint density at radius 2 is 2.09 bits per heavy atom. The molecule has 0 radical (unpaired) electrons. The average molecular weight is 351 g/mol. The molecule has 3 rings (SSSR count). The second-order valence-electron chi connectivity index (χ2n) is 4.93. The van der Waals surface area contributed by atoms with Crippen molar-refractivity contribution in [1.82, 2.24) is 4.98 Å². The summed E-state index contributed by atoms with van der Waals surface area (Å²) in [6.45, 7) is 3.60. The molecule has 0 aliphatic carbocycles. The molecule has 0 aliphatic rings. The zero-order valence-corrected chi connectivity index (χ0v) is 13.9. The van der Waals surface area contributed by atoms with E-state index >= 15 is 0 Å². The van der Waals surface area contributed by atoms with Crippen molar-refractivity contribution < 1.29 is 13.6 Å². The van der Waals surface area contributed by atoms with Gasteiger partial charge in [-0.25, -0.2) is 9.37 Å². The van der Waals surface area contributed by atoms with Crippen molar-refractivity contribution in [2.24, 2.45) is 0 Å². The van der Waals surface area contributed by atoms with Gasteiger partial charge >= 0.3 is 0 Å². The Kier molecular flexibility index (Phi) is 4.19. The topological polar surface area (TPSA) is 55.1 Å². The first-order valence-electron chi connectivity index (χ1n) is 6.74. The number of halogens is 2. The number of carbonyl (C=O) groups is 1. The van der Waals surface area contributed by atoms with Crippen molar-refractivity contribution in [1.29, 1.82) is 0 Å². The van der Waals surface area contributed by atoms with Crippen LogP contribution in [0.25, 0.3) is 10.8 Å². The SMILES string of the molecule is Cc1ccc(-c2nc(C)c(C(=O)Nc3ccc(F)c(Cl)c3)s2)o1. The fourth-order valence-electron chi connectivity index (χ4n) is 2.02. The smallest absolute Gasteiger partial charge is 0.267 e. The van der Waals surface area contributed by atoms with Crippen LogP contribution in [-0.4, -0.2) is 10.9 Å². The third-order valence-corrected chi connectivity index (χ3v) is 4.59. The van der Waals surface area contributed by atoms with Crippen molar-refractivity contribution in [3.05, 3.63) is 57.5 Å². The lowest BCUT2D eigenvalue weighted by molar-refractivity contribution is 0.103. The molecule has 23 heavy (non-hydrogen) atoms. The summed E-state index contributed by atoms with van der Waals surface area (Å²) in [6.07, 6.45) is 0. The van der Waals surface area contributed by atoms with E-state index < -0.39 is 5.82 Å². The number of aryl methyl sites for hydroxylation is 2. The third-order valence-electron chi connectivity index (χ3n) is 3.13. The van der Waals surface area contributed by atoms with E-state index in [1.807, 2.05) is 19.1 Å². The molecule has 1 aromatic carbocycles. The largest absolute Gasteiger partial charge is 0.459 e. The Morgan fingerprint density at radius 1 is 1.30 bits per heavy atom. The summed E-state index contributed by atoms with van der Waals surface area (Å²) in [7, 11) is 0. The number of anilines is 1. The monoisotopic (exact) mass is 350 g/mol. The molecule has 0 saturated carbocycles. The summed E-state index contributed by atoms with van der Waals surface area (Å²) >= 11 is 6.95. The summed E-state index contributed by atoms with van der Waals surface area (Å²) in [5.41, 5.74) is 1.02. The Bertz CT molecular complexity index is 888. The molecule has 118 valence electrons. The maximum absolute atomic E-state index is 13.2. The number of rotatable bonds is 3. The van der Waals surface area contributed by atoms with Gasteiger partial charge in [0.25, 0.3) is 5.91 Å². The molecule has 7 heteroatoms. The second-order valence-corrected chi connectivity index (χ2v) is 6.33. The predicted octanol–water partition coefficient (Wildman–Crippen LogP) is 5.06. The quantitative estimate of drug-likeness (QED) is 0.717. The van der Waals surface area contributed by atoms with Gasteiger partial charge in [0.05, 0.1) is 10.7 Å². The van der Waals surface area contributed by atoms with Crippen LogP contribution < -0.4 is 5.32 Å². The molecule has 1 amide bonds. The molecular weight excluding hydrogens is 339 g/mol. The van der Waals surface area contributed by atoms with E-state index in [0.29, 0.717) is 27.0 Å². The first-order valence-corrected chi connectivity index (χ1v) is 7.94. The van der Waals surface area contributed by atoms with Crippen molar-refractivity contribution in [3.8, 4) is 10.8 Å². The van der Waals surface area contributed by atoms with Crippen LogP contribution in [0.5, 0.6) is 0 Å². The van der Waals surface area contributed by atoms with Gasteiger partial charge in [0, 0.05) is 5.69 Å². The first kappa shape index (κ1) is 15.7. The minimum Gasteiger partial charge on any atom is -0.459 e. The van der Waals surface area contributed by atoms with Gasteiger partial charge in [0.15, 0.2) is 10.8 Å². The van der Waals surface area contributed by atoms with Gasteiger partial charge in [-0.15, -0.1) is 11.3 Å². The van der Waals surface area contributed by atoms with Gasteiger partial charge in [-0.1, -0.05) is 11.6 Å². The molecule has 0 aliphatic heterocycles. The predicted molar refractivity (Wildman–Crippen MR) is 88.7 cm³/mol. The van der Waals surface area contributed by atoms with Crippen LogP contribution >= 0.6 is 22.9 Å². The third kappa shape index (κ3) is 3.28. The highest BCUT2D eigenvalue weighted by molar-refractivity contribution is 7.17. The summed E-state index contributed by atoms with van der Waals surface area (Å²) < 4.78 is 18.7. The molecule has 0 bridgehead atoms. The van der Waals surface area contributed by atoms with E-state index in [9.17, 15) is 9.18 Å². The van der Waals surface area contributed by atoms with Gasteiger partial charge in [-0.05, 0) is 44.2 Å². The van der Waals surface area contributed by atoms with Gasteiger partial charge in [-0.3, -0.25) is 4.79 Å². The molecule has 0 saturated heterocycles. The molecule has 2 aromatic heterocycles. The van der Waals surface area contributed by atoms with Crippen LogP contribution in [-0.2, 0) is 0 Å². The number of nitrogens with zero attached hydrogens (tertiary/aromatic N) is 1. The van der Waals surface area contributed by atoms with Crippen LogP contribution in [0.4, 0.5) is 10.1 Å². The van der Waals surface area contributed by atoms with Gasteiger partial charge in [0.2, 0.25) is 0 Å². The number of benzene rings is 1. The zero-order chi connectivity index (χ0) is 16.6. The fraction of sp³-hybridized carbons (Fsp3) is 0.125. The van der Waals surface area contributed by atoms with E-state index in [1.165, 1.54) is 29.5 Å². The van der Waals surface area contributed by atoms with Crippen molar-refractivity contribution in [2.45, 2.75) is 13.8 Å². The van der Waals surface area contributed by atoms with E-state index in [2.05, 4.69) is 10.3 Å². The number of carbonyl (C=O) groups excluding carboxylic acids is 1. The molecular formula is C16H12ClFN2O2S. The molecule has 3 aromatic rings. The Morgan fingerprint density at radius 3 is 2.74 bits per heavy atom. The number of aromatic nitrogens is 1. The lowest BCUT2D eigenvalue weighted by Gasteiger charge is -2.04. The molecule has 4 nitrogen and oxygen atoms in total. The van der Waals surface area contributed by atoms with Gasteiger partial charge in [-0.2, -0.15) is 0 Å². The summed E-state index contributed by atoms with van der Waals surface area (Å²) in [4.78, 5) is 17.2. The van der Waals surface area contributed by atoms with E-state index in [1.54, 1.807) is 6.92 Å². The standard InChI is InChI=1S/C16H12ClFN2O2S/c1-8-3-6-13(22-8)16-19-9(2)14(23-16)15(21)20-10-4-5-12(18)11(17)7-10/h3-7H,1-2H3,(H,20,21). The first-order chi connectivity index (χ1) is 10.9. The average Bonchev–Trinajstić information content (AvgIpc) is 3.09. The van der Waals surface area contributed by atoms with E-state index in [-0.39, 0.29) is 10.9 Å². The van der Waals surface area contributed by atoms with Crippen LogP contribution in [0, 0.1) is 19.7 Å². The number of hydrogen-bond donors (Lipinski definition) is 1. The highest BCUT2D eigenvalue weighted by atomic mass is 35.5. The number of nitrogens with one attached hydrogen (secondary N) is 1. The Balaban J connectivity index is 1.85. The summed E-state index contributed by atoms with van der Waals surface area (Å²) in [5.74, 6) is 0.547. The highest BCUT2D eigenvalue weighted by Gasteiger charge is 2.18. The van der Waals surface area contributed by atoms with Crippen molar-refractivity contribution >= 4 is 34.5 Å². The summed E-state index contributed by atoms with van der Waals surface area (Å²) in [6, 6.07) is 7.67. The molecule has 0 fully saturated rings. The lowest BCUT2D eigenvalue weighted by atomic mass is 10.3. The number of thiazole rings is 1. The molecule has 0 unspecified atom stereocenters. The second kappa shape index (κ2) is 6.14. The number of hydrogen-bond acceptors (Lipinski definition) is 4. The Labute approximate surface area is 140 Å². The number of furan rings is 1. The van der Waals surface area contributed by atoms with Crippen LogP contribution in [0.2, 0.25) is 5.02 Å². The highest BCUT2D eigenvalue weighted by Crippen LogP contribution is 2.30. The maximum Gasteiger partial charge on any atom is 0.267 e. The van der Waals surface area contributed by atoms with Gasteiger partial charge < -0.3 is 9.73 Å². The normalized spacial score (nSPS) is 10.8. The van der Waals surface area contributed by atoms with Gasteiger partial charge in [0.1, 0.15) is 16.5 Å². The Hall–Kier alpha value is -2.18. The molecule has 1 N–H and O–H groups in total. The molecule has 0 spiro atoms. The zero-order valence-electron chi connectivity index (χ0n) is 12.3. The minimum atomic E-state index is -0.533. The molecule has 0 atom stereocenters. The van der Waals surface area contributed by atoms with E-state index in [4.69, 9.17) is 16.0 Å². The van der Waals surface area contributed by atoms with Crippen LogP contribution in [0.3, 0.4) is 0 Å².